The van der Waals surface area contributed by atoms with Crippen molar-refractivity contribution >= 4 is 11.7 Å². The van der Waals surface area contributed by atoms with Crippen molar-refractivity contribution in [1.29, 1.82) is 0 Å². The number of ether oxygens (including phenoxy) is 3. The van der Waals surface area contributed by atoms with Crippen molar-refractivity contribution in [3.8, 4) is 11.5 Å². The molecule has 0 aliphatic rings. The summed E-state index contributed by atoms with van der Waals surface area (Å²) in [6.45, 7) is 0. The lowest BCUT2D eigenvalue weighted by Crippen LogP contribution is -2.20. The Labute approximate surface area is 132 Å². The van der Waals surface area contributed by atoms with Crippen LogP contribution in [0, 0.1) is 10.1 Å². The van der Waals surface area contributed by atoms with Gasteiger partial charge in [-0.25, -0.2) is 4.79 Å². The molecular formula is C16H15NO6. The number of nitro groups is 1. The lowest BCUT2D eigenvalue weighted by Gasteiger charge is -2.17. The first kappa shape index (κ1) is 16.3. The van der Waals surface area contributed by atoms with E-state index in [-0.39, 0.29) is 11.4 Å². The number of carbonyl (C=O) groups is 1. The van der Waals surface area contributed by atoms with Gasteiger partial charge in [-0.1, -0.05) is 24.3 Å². The maximum absolute atomic E-state index is 12.0. The van der Waals surface area contributed by atoms with Crippen LogP contribution in [0.25, 0.3) is 0 Å². The molecule has 0 aliphatic heterocycles. The van der Waals surface area contributed by atoms with Crippen LogP contribution in [0.5, 0.6) is 11.5 Å². The van der Waals surface area contributed by atoms with E-state index in [0.717, 1.165) is 0 Å². The summed E-state index contributed by atoms with van der Waals surface area (Å²) in [4.78, 5) is 22.5. The van der Waals surface area contributed by atoms with Crippen molar-refractivity contribution in [2.75, 3.05) is 14.2 Å². The highest BCUT2D eigenvalue weighted by atomic mass is 16.6. The Kier molecular flexibility index (Phi) is 5.14. The highest BCUT2D eigenvalue weighted by Gasteiger charge is 2.27. The molecule has 0 aliphatic carbocycles. The third kappa shape index (κ3) is 3.76. The smallest absolute Gasteiger partial charge is 0.351 e. The zero-order chi connectivity index (χ0) is 16.8. The Morgan fingerprint density at radius 1 is 1.09 bits per heavy atom. The monoisotopic (exact) mass is 317 g/mol. The molecule has 7 nitrogen and oxygen atoms in total. The van der Waals surface area contributed by atoms with Gasteiger partial charge in [0.1, 0.15) is 5.75 Å². The van der Waals surface area contributed by atoms with Crippen LogP contribution in [0.1, 0.15) is 11.7 Å². The van der Waals surface area contributed by atoms with E-state index in [4.69, 9.17) is 14.2 Å². The molecule has 2 rings (SSSR count). The maximum Gasteiger partial charge on any atom is 0.351 e. The summed E-state index contributed by atoms with van der Waals surface area (Å²) in [6, 6.07) is 12.4. The van der Waals surface area contributed by atoms with Crippen LogP contribution >= 0.6 is 0 Å². The molecule has 0 aromatic heterocycles. The predicted molar refractivity (Wildman–Crippen MR) is 81.5 cm³/mol. The number of rotatable bonds is 6. The molecule has 0 heterocycles. The van der Waals surface area contributed by atoms with Crippen molar-refractivity contribution in [2.24, 2.45) is 0 Å². The van der Waals surface area contributed by atoms with Gasteiger partial charge in [-0.2, -0.15) is 0 Å². The summed E-state index contributed by atoms with van der Waals surface area (Å²) in [5.41, 5.74) is 0.269. The lowest BCUT2D eigenvalue weighted by molar-refractivity contribution is -0.386. The zero-order valence-corrected chi connectivity index (χ0v) is 12.6. The normalized spacial score (nSPS) is 11.4. The maximum atomic E-state index is 12.0. The van der Waals surface area contributed by atoms with Gasteiger partial charge in [0, 0.05) is 11.6 Å². The van der Waals surface area contributed by atoms with Crippen LogP contribution in [-0.4, -0.2) is 25.1 Å². The fraction of sp³-hybridized carbons (Fsp3) is 0.188. The fourth-order valence-corrected chi connectivity index (χ4v) is 1.97. The van der Waals surface area contributed by atoms with E-state index in [9.17, 15) is 14.9 Å². The van der Waals surface area contributed by atoms with Crippen LogP contribution in [0.15, 0.2) is 48.5 Å². The summed E-state index contributed by atoms with van der Waals surface area (Å²) < 4.78 is 15.4. The van der Waals surface area contributed by atoms with E-state index in [1.54, 1.807) is 30.3 Å². The number of benzene rings is 2. The Hall–Kier alpha value is -3.09. The second kappa shape index (κ2) is 7.26. The van der Waals surface area contributed by atoms with Gasteiger partial charge < -0.3 is 14.2 Å². The third-order valence-corrected chi connectivity index (χ3v) is 3.14. The van der Waals surface area contributed by atoms with Gasteiger partial charge in [0.25, 0.3) is 0 Å². The molecule has 0 amide bonds. The second-order valence-corrected chi connectivity index (χ2v) is 4.52. The summed E-state index contributed by atoms with van der Waals surface area (Å²) in [6.07, 6.45) is -1.12. The van der Waals surface area contributed by atoms with E-state index in [1.807, 2.05) is 0 Å². The number of nitrogens with zero attached hydrogens (tertiary/aromatic N) is 1. The van der Waals surface area contributed by atoms with Gasteiger partial charge in [-0.05, 0) is 18.2 Å². The number of esters is 1. The Morgan fingerprint density at radius 3 is 2.30 bits per heavy atom. The molecule has 23 heavy (non-hydrogen) atoms. The lowest BCUT2D eigenvalue weighted by atomic mass is 10.1. The van der Waals surface area contributed by atoms with Crippen LogP contribution in [0.3, 0.4) is 0 Å². The molecule has 0 radical (unpaired) electrons. The molecule has 0 saturated carbocycles. The Balaban J connectivity index is 2.36. The Bertz CT molecular complexity index is 698. The topological polar surface area (TPSA) is 87.9 Å². The number of hydrogen-bond acceptors (Lipinski definition) is 6. The number of methoxy groups -OCH3 is 2. The molecule has 0 N–H and O–H groups in total. The number of nitro benzene ring substituents is 1. The molecule has 1 atom stereocenters. The van der Waals surface area contributed by atoms with Crippen LogP contribution < -0.4 is 9.47 Å². The molecule has 7 heteroatoms. The molecule has 0 bridgehead atoms. The minimum atomic E-state index is -1.12. The van der Waals surface area contributed by atoms with E-state index < -0.39 is 17.0 Å². The van der Waals surface area contributed by atoms with Crippen molar-refractivity contribution in [2.45, 2.75) is 6.10 Å². The first-order valence-corrected chi connectivity index (χ1v) is 6.68. The third-order valence-electron chi connectivity index (χ3n) is 3.14. The minimum absolute atomic E-state index is 0.0104. The zero-order valence-electron chi connectivity index (χ0n) is 12.6. The van der Waals surface area contributed by atoms with Crippen molar-refractivity contribution in [1.82, 2.24) is 0 Å². The Morgan fingerprint density at radius 2 is 1.74 bits per heavy atom. The molecular weight excluding hydrogens is 302 g/mol. The van der Waals surface area contributed by atoms with Crippen LogP contribution in [0.2, 0.25) is 0 Å². The van der Waals surface area contributed by atoms with Crippen molar-refractivity contribution in [3.63, 3.8) is 0 Å². The first-order valence-electron chi connectivity index (χ1n) is 6.68. The molecule has 0 saturated heterocycles. The van der Waals surface area contributed by atoms with Gasteiger partial charge in [-0.3, -0.25) is 10.1 Å². The minimum Gasteiger partial charge on any atom is -0.497 e. The number of para-hydroxylation sites is 2. The predicted octanol–water partition coefficient (Wildman–Crippen LogP) is 2.90. The van der Waals surface area contributed by atoms with Gasteiger partial charge in [0.05, 0.1) is 19.1 Å². The average molecular weight is 317 g/mol. The summed E-state index contributed by atoms with van der Waals surface area (Å²) in [5, 5.41) is 11.1. The first-order chi connectivity index (χ1) is 11.1. The van der Waals surface area contributed by atoms with Crippen LogP contribution in [-0.2, 0) is 9.53 Å². The van der Waals surface area contributed by atoms with Gasteiger partial charge >= 0.3 is 11.7 Å². The van der Waals surface area contributed by atoms with E-state index in [1.165, 1.54) is 32.4 Å². The number of carbonyl (C=O) groups excluding carboxylic acids is 1. The second-order valence-electron chi connectivity index (χ2n) is 4.52. The standard InChI is InChI=1S/C16H15NO6/c1-21-12-9-7-11(8-10-12)15(16(18)22-2)23-14-6-4-3-5-13(14)17(19)20/h3-10,15H,1-2H3. The molecule has 0 fully saturated rings. The summed E-state index contributed by atoms with van der Waals surface area (Å²) in [7, 11) is 2.75. The SMILES string of the molecule is COC(=O)C(Oc1ccccc1[N+](=O)[O-])c1ccc(OC)cc1. The van der Waals surface area contributed by atoms with Crippen LogP contribution in [0.4, 0.5) is 5.69 Å². The summed E-state index contributed by atoms with van der Waals surface area (Å²) >= 11 is 0. The van der Waals surface area contributed by atoms with Crippen molar-refractivity contribution < 1.29 is 23.9 Å². The van der Waals surface area contributed by atoms with Crippen molar-refractivity contribution in [3.05, 3.63) is 64.2 Å². The fourth-order valence-electron chi connectivity index (χ4n) is 1.97. The number of hydrogen-bond donors (Lipinski definition) is 0. The van der Waals surface area contributed by atoms with E-state index in [2.05, 4.69) is 0 Å². The van der Waals surface area contributed by atoms with E-state index in [0.29, 0.717) is 11.3 Å². The molecule has 0 spiro atoms. The van der Waals surface area contributed by atoms with E-state index >= 15 is 0 Å². The summed E-state index contributed by atoms with van der Waals surface area (Å²) in [5.74, 6) is -0.0555. The average Bonchev–Trinajstić information content (AvgIpc) is 2.59. The molecule has 2 aromatic carbocycles. The quantitative estimate of drug-likeness (QED) is 0.462. The molecule has 120 valence electrons. The van der Waals surface area contributed by atoms with Gasteiger partial charge in [-0.15, -0.1) is 0 Å². The highest BCUT2D eigenvalue weighted by molar-refractivity contribution is 5.77. The highest BCUT2D eigenvalue weighted by Crippen LogP contribution is 2.31. The largest absolute Gasteiger partial charge is 0.497 e. The van der Waals surface area contributed by atoms with Gasteiger partial charge in [0.2, 0.25) is 6.10 Å². The molecule has 2 aromatic rings. The molecule has 1 unspecified atom stereocenters. The van der Waals surface area contributed by atoms with Gasteiger partial charge in [0.15, 0.2) is 5.75 Å².